The van der Waals surface area contributed by atoms with E-state index in [1.165, 1.54) is 23.9 Å². The van der Waals surface area contributed by atoms with E-state index in [-0.39, 0.29) is 17.5 Å². The lowest BCUT2D eigenvalue weighted by Crippen LogP contribution is -2.37. The Hall–Kier alpha value is -2.91. The number of amides is 1. The van der Waals surface area contributed by atoms with Crippen molar-refractivity contribution < 1.29 is 13.9 Å². The van der Waals surface area contributed by atoms with Crippen LogP contribution in [0, 0.1) is 5.82 Å². The molecule has 1 aromatic heterocycles. The molecule has 2 aromatic carbocycles. The fourth-order valence-electron chi connectivity index (χ4n) is 3.01. The third-order valence-corrected chi connectivity index (χ3v) is 5.30. The molecular weight excluding hydrogens is 393 g/mol. The lowest BCUT2D eigenvalue weighted by molar-refractivity contribution is -0.113. The first-order valence-corrected chi connectivity index (χ1v) is 10.2. The Morgan fingerprint density at radius 3 is 2.66 bits per heavy atom. The Kier molecular flexibility index (Phi) is 6.06. The molecule has 0 aliphatic carbocycles. The van der Waals surface area contributed by atoms with E-state index in [4.69, 9.17) is 4.74 Å². The molecule has 7 nitrogen and oxygen atoms in total. The summed E-state index contributed by atoms with van der Waals surface area (Å²) in [5.41, 5.74) is 1.35. The normalized spacial score (nSPS) is 14.0. The standard InChI is InChI=1S/C20H20FN5O2S/c21-15-5-4-8-17(13-15)26-19(25-9-11-28-12-10-25)23-24-20(26)29-14-18(27)22-16-6-2-1-3-7-16/h1-8,13H,9-12,14H2,(H,22,27). The average molecular weight is 413 g/mol. The van der Waals surface area contributed by atoms with Crippen LogP contribution in [0.1, 0.15) is 0 Å². The molecule has 1 fully saturated rings. The summed E-state index contributed by atoms with van der Waals surface area (Å²) in [5, 5.41) is 12.0. The van der Waals surface area contributed by atoms with Gasteiger partial charge in [0.1, 0.15) is 5.82 Å². The molecule has 0 spiro atoms. The fourth-order valence-corrected chi connectivity index (χ4v) is 3.76. The summed E-state index contributed by atoms with van der Waals surface area (Å²) >= 11 is 1.26. The zero-order chi connectivity index (χ0) is 20.1. The van der Waals surface area contributed by atoms with Gasteiger partial charge in [-0.25, -0.2) is 4.39 Å². The maximum absolute atomic E-state index is 13.9. The van der Waals surface area contributed by atoms with Crippen LogP contribution in [0.5, 0.6) is 0 Å². The number of nitrogens with zero attached hydrogens (tertiary/aromatic N) is 4. The van der Waals surface area contributed by atoms with Gasteiger partial charge in [-0.15, -0.1) is 10.2 Å². The van der Waals surface area contributed by atoms with Crippen molar-refractivity contribution in [2.75, 3.05) is 42.3 Å². The van der Waals surface area contributed by atoms with Gasteiger partial charge in [-0.3, -0.25) is 9.36 Å². The van der Waals surface area contributed by atoms with Crippen LogP contribution in [-0.2, 0) is 9.53 Å². The van der Waals surface area contributed by atoms with E-state index in [1.807, 2.05) is 30.3 Å². The predicted molar refractivity (Wildman–Crippen MR) is 110 cm³/mol. The maximum Gasteiger partial charge on any atom is 0.234 e. The molecule has 1 amide bonds. The van der Waals surface area contributed by atoms with E-state index >= 15 is 0 Å². The third kappa shape index (κ3) is 4.75. The third-order valence-electron chi connectivity index (χ3n) is 4.37. The molecule has 0 radical (unpaired) electrons. The highest BCUT2D eigenvalue weighted by atomic mass is 32.2. The Balaban J connectivity index is 1.56. The van der Waals surface area contributed by atoms with Crippen LogP contribution in [0.15, 0.2) is 59.8 Å². The summed E-state index contributed by atoms with van der Waals surface area (Å²) in [5.74, 6) is 0.278. The Morgan fingerprint density at radius 1 is 1.10 bits per heavy atom. The highest BCUT2D eigenvalue weighted by molar-refractivity contribution is 7.99. The molecule has 0 saturated carbocycles. The van der Waals surface area contributed by atoms with E-state index in [1.54, 1.807) is 16.7 Å². The van der Waals surface area contributed by atoms with Gasteiger partial charge in [0.2, 0.25) is 11.9 Å². The van der Waals surface area contributed by atoms with Crippen molar-refractivity contribution in [3.8, 4) is 5.69 Å². The summed E-state index contributed by atoms with van der Waals surface area (Å²) in [6.45, 7) is 2.54. The van der Waals surface area contributed by atoms with Crippen molar-refractivity contribution in [3.63, 3.8) is 0 Å². The second-order valence-electron chi connectivity index (χ2n) is 6.40. The number of para-hydroxylation sites is 1. The average Bonchev–Trinajstić information content (AvgIpc) is 3.18. The zero-order valence-corrected chi connectivity index (χ0v) is 16.4. The molecule has 1 aliphatic heterocycles. The molecule has 0 atom stereocenters. The van der Waals surface area contributed by atoms with Crippen LogP contribution in [0.2, 0.25) is 0 Å². The summed E-state index contributed by atoms with van der Waals surface area (Å²) in [6, 6.07) is 15.5. The lowest BCUT2D eigenvalue weighted by Gasteiger charge is -2.27. The highest BCUT2D eigenvalue weighted by Crippen LogP contribution is 2.27. The van der Waals surface area contributed by atoms with Crippen LogP contribution < -0.4 is 10.2 Å². The molecular formula is C20H20FN5O2S. The van der Waals surface area contributed by atoms with Gasteiger partial charge >= 0.3 is 0 Å². The largest absolute Gasteiger partial charge is 0.378 e. The van der Waals surface area contributed by atoms with Gasteiger partial charge in [0, 0.05) is 18.8 Å². The lowest BCUT2D eigenvalue weighted by atomic mass is 10.3. The van der Waals surface area contributed by atoms with E-state index in [0.717, 1.165) is 5.69 Å². The SMILES string of the molecule is O=C(CSc1nnc(N2CCOCC2)n1-c1cccc(F)c1)Nc1ccccc1. The van der Waals surface area contributed by atoms with Gasteiger partial charge in [-0.05, 0) is 30.3 Å². The number of aromatic nitrogens is 3. The summed E-state index contributed by atoms with van der Waals surface area (Å²) in [7, 11) is 0. The Labute approximate surface area is 171 Å². The van der Waals surface area contributed by atoms with Crippen molar-refractivity contribution in [2.24, 2.45) is 0 Å². The number of benzene rings is 2. The van der Waals surface area contributed by atoms with Crippen molar-refractivity contribution in [3.05, 3.63) is 60.4 Å². The second kappa shape index (κ2) is 9.06. The van der Waals surface area contributed by atoms with E-state index < -0.39 is 0 Å². The number of hydrogen-bond donors (Lipinski definition) is 1. The number of carbonyl (C=O) groups is 1. The summed E-state index contributed by atoms with van der Waals surface area (Å²) < 4.78 is 21.1. The molecule has 0 unspecified atom stereocenters. The van der Waals surface area contributed by atoms with Crippen LogP contribution >= 0.6 is 11.8 Å². The number of nitrogens with one attached hydrogen (secondary N) is 1. The highest BCUT2D eigenvalue weighted by Gasteiger charge is 2.22. The van der Waals surface area contributed by atoms with E-state index in [9.17, 15) is 9.18 Å². The number of carbonyl (C=O) groups excluding carboxylic acids is 1. The molecule has 29 heavy (non-hydrogen) atoms. The quantitative estimate of drug-likeness (QED) is 0.627. The monoisotopic (exact) mass is 413 g/mol. The van der Waals surface area contributed by atoms with E-state index in [2.05, 4.69) is 20.4 Å². The van der Waals surface area contributed by atoms with Crippen LogP contribution in [0.25, 0.3) is 5.69 Å². The van der Waals surface area contributed by atoms with Gasteiger partial charge in [0.15, 0.2) is 5.16 Å². The molecule has 1 aliphatic rings. The van der Waals surface area contributed by atoms with Crippen LogP contribution in [0.3, 0.4) is 0 Å². The predicted octanol–water partition coefficient (Wildman–Crippen LogP) is 2.97. The molecule has 2 heterocycles. The number of hydrogen-bond acceptors (Lipinski definition) is 6. The van der Waals surface area contributed by atoms with Gasteiger partial charge in [-0.2, -0.15) is 0 Å². The number of rotatable bonds is 6. The Bertz CT molecular complexity index is 976. The maximum atomic E-state index is 13.9. The number of thioether (sulfide) groups is 1. The zero-order valence-electron chi connectivity index (χ0n) is 15.6. The molecule has 150 valence electrons. The van der Waals surface area contributed by atoms with Crippen LogP contribution in [0.4, 0.5) is 16.0 Å². The first kappa shape index (κ1) is 19.4. The fraction of sp³-hybridized carbons (Fsp3) is 0.250. The molecule has 4 rings (SSSR count). The van der Waals surface area contributed by atoms with E-state index in [0.29, 0.717) is 43.1 Å². The molecule has 9 heteroatoms. The molecule has 0 bridgehead atoms. The van der Waals surface area contributed by atoms with Gasteiger partial charge in [0.25, 0.3) is 0 Å². The number of anilines is 2. The summed E-state index contributed by atoms with van der Waals surface area (Å²) in [6.07, 6.45) is 0. The summed E-state index contributed by atoms with van der Waals surface area (Å²) in [4.78, 5) is 14.4. The molecule has 1 saturated heterocycles. The first-order chi connectivity index (χ1) is 14.2. The van der Waals surface area contributed by atoms with Crippen LogP contribution in [-0.4, -0.2) is 52.7 Å². The minimum atomic E-state index is -0.345. The van der Waals surface area contributed by atoms with Gasteiger partial charge in [0.05, 0.1) is 24.7 Å². The minimum absolute atomic E-state index is 0.150. The minimum Gasteiger partial charge on any atom is -0.378 e. The van der Waals surface area contributed by atoms with Crippen molar-refractivity contribution >= 4 is 29.3 Å². The second-order valence-corrected chi connectivity index (χ2v) is 7.34. The van der Waals surface area contributed by atoms with Gasteiger partial charge in [-0.1, -0.05) is 36.0 Å². The number of halogens is 1. The number of ether oxygens (including phenoxy) is 1. The van der Waals surface area contributed by atoms with Crippen molar-refractivity contribution in [2.45, 2.75) is 5.16 Å². The molecule has 1 N–H and O–H groups in total. The number of morpholine rings is 1. The first-order valence-electron chi connectivity index (χ1n) is 9.22. The van der Waals surface area contributed by atoms with Crippen molar-refractivity contribution in [1.82, 2.24) is 14.8 Å². The smallest absolute Gasteiger partial charge is 0.234 e. The van der Waals surface area contributed by atoms with Crippen molar-refractivity contribution in [1.29, 1.82) is 0 Å². The Morgan fingerprint density at radius 2 is 1.90 bits per heavy atom. The molecule has 3 aromatic rings. The van der Waals surface area contributed by atoms with Gasteiger partial charge < -0.3 is 15.0 Å². The topological polar surface area (TPSA) is 72.3 Å².